The second-order valence-corrected chi connectivity index (χ2v) is 8.68. The Morgan fingerprint density at radius 1 is 1.16 bits per heavy atom. The second kappa shape index (κ2) is 10.9. The van der Waals surface area contributed by atoms with E-state index in [0.29, 0.717) is 10.7 Å². The van der Waals surface area contributed by atoms with Gasteiger partial charge in [0.1, 0.15) is 11.9 Å². The number of halogens is 2. The number of ether oxygens (including phenoxy) is 2. The number of urea groups is 2. The van der Waals surface area contributed by atoms with Gasteiger partial charge in [-0.3, -0.25) is 9.69 Å². The summed E-state index contributed by atoms with van der Waals surface area (Å²) < 4.78 is 24.9. The maximum absolute atomic E-state index is 14.9. The number of nitrogens with one attached hydrogen (secondary N) is 3. The Morgan fingerprint density at radius 2 is 1.89 bits per heavy atom. The first-order chi connectivity index (χ1) is 17.7. The first-order valence-electron chi connectivity index (χ1n) is 11.1. The molecule has 4 rings (SSSR count). The number of hydrogen-bond donors (Lipinski definition) is 4. The predicted octanol–water partition coefficient (Wildman–Crippen LogP) is 3.29. The molecule has 12 nitrogen and oxygen atoms in total. The summed E-state index contributed by atoms with van der Waals surface area (Å²) in [5.74, 6) is -1.51. The van der Waals surface area contributed by atoms with Crippen LogP contribution in [0.1, 0.15) is 6.42 Å². The van der Waals surface area contributed by atoms with Crippen molar-refractivity contribution >= 4 is 52.8 Å². The largest absolute Gasteiger partial charge is 0.507 e. The van der Waals surface area contributed by atoms with Gasteiger partial charge in [0, 0.05) is 30.8 Å². The molecule has 37 heavy (non-hydrogen) atoms. The molecule has 2 fully saturated rings. The Morgan fingerprint density at radius 3 is 2.54 bits per heavy atom. The van der Waals surface area contributed by atoms with E-state index in [4.69, 9.17) is 21.4 Å². The molecule has 0 aliphatic carbocycles. The lowest BCUT2D eigenvalue weighted by atomic mass is 10.1. The lowest BCUT2D eigenvalue weighted by Crippen LogP contribution is -2.45. The third-order valence-electron chi connectivity index (χ3n) is 5.92. The molecule has 3 atom stereocenters. The van der Waals surface area contributed by atoms with Crippen LogP contribution in [0.3, 0.4) is 0 Å². The van der Waals surface area contributed by atoms with E-state index in [1.54, 1.807) is 24.3 Å². The number of methoxy groups -OCH3 is 1. The van der Waals surface area contributed by atoms with Crippen LogP contribution in [0.15, 0.2) is 42.5 Å². The smallest absolute Gasteiger partial charge is 0.450 e. The van der Waals surface area contributed by atoms with Crippen molar-refractivity contribution in [1.29, 1.82) is 0 Å². The van der Waals surface area contributed by atoms with Crippen molar-refractivity contribution in [3.05, 3.63) is 53.3 Å². The van der Waals surface area contributed by atoms with Crippen molar-refractivity contribution in [2.45, 2.75) is 24.8 Å². The monoisotopic (exact) mass is 535 g/mol. The normalized spacial score (nSPS) is 20.9. The minimum Gasteiger partial charge on any atom is -0.450 e. The zero-order valence-corrected chi connectivity index (χ0v) is 20.2. The minimum atomic E-state index is -1.59. The van der Waals surface area contributed by atoms with Crippen LogP contribution in [-0.2, 0) is 14.3 Å². The summed E-state index contributed by atoms with van der Waals surface area (Å²) >= 11 is 5.87. The maximum Gasteiger partial charge on any atom is 0.507 e. The van der Waals surface area contributed by atoms with Gasteiger partial charge in [0.05, 0.1) is 24.0 Å². The number of carbonyl (C=O) groups excluding carboxylic acids is 3. The van der Waals surface area contributed by atoms with Crippen LogP contribution in [0.25, 0.3) is 0 Å². The topological polar surface area (TPSA) is 150 Å². The third-order valence-corrected chi connectivity index (χ3v) is 6.17. The SMILES string of the molecule is COC1CC(C(=O)Nc2ccc(N3C(=O)NCC3OC(=O)O)cc2F)N(C(=O)Nc2ccc(Cl)cc2)C1. The van der Waals surface area contributed by atoms with Crippen LogP contribution in [0, 0.1) is 5.82 Å². The predicted molar refractivity (Wildman–Crippen MR) is 130 cm³/mol. The number of likely N-dealkylation sites (tertiary alicyclic amines) is 1. The van der Waals surface area contributed by atoms with Gasteiger partial charge in [0.15, 0.2) is 0 Å². The van der Waals surface area contributed by atoms with Crippen LogP contribution >= 0.6 is 11.6 Å². The molecule has 4 N–H and O–H groups in total. The summed E-state index contributed by atoms with van der Waals surface area (Å²) in [6, 6.07) is 7.82. The highest BCUT2D eigenvalue weighted by molar-refractivity contribution is 6.30. The lowest BCUT2D eigenvalue weighted by Gasteiger charge is -2.24. The van der Waals surface area contributed by atoms with Gasteiger partial charge >= 0.3 is 18.2 Å². The molecule has 2 heterocycles. The number of anilines is 3. The molecule has 2 aromatic carbocycles. The van der Waals surface area contributed by atoms with Gasteiger partial charge in [-0.25, -0.2) is 18.8 Å². The summed E-state index contributed by atoms with van der Waals surface area (Å²) in [5.41, 5.74) is 0.316. The number of hydrogen-bond acceptors (Lipinski definition) is 6. The average Bonchev–Trinajstić information content (AvgIpc) is 3.45. The molecule has 2 aliphatic heterocycles. The molecule has 2 aromatic rings. The molecule has 14 heteroatoms. The molecule has 5 amide bonds. The highest BCUT2D eigenvalue weighted by atomic mass is 35.5. The van der Waals surface area contributed by atoms with Crippen molar-refractivity contribution in [1.82, 2.24) is 10.2 Å². The van der Waals surface area contributed by atoms with Gasteiger partial charge in [0.2, 0.25) is 12.1 Å². The first-order valence-corrected chi connectivity index (χ1v) is 11.5. The second-order valence-electron chi connectivity index (χ2n) is 8.25. The lowest BCUT2D eigenvalue weighted by molar-refractivity contribution is -0.119. The van der Waals surface area contributed by atoms with E-state index in [0.717, 1.165) is 11.0 Å². The van der Waals surface area contributed by atoms with Gasteiger partial charge in [0.25, 0.3) is 0 Å². The van der Waals surface area contributed by atoms with Crippen molar-refractivity contribution in [2.24, 2.45) is 0 Å². The van der Waals surface area contributed by atoms with E-state index >= 15 is 0 Å². The van der Waals surface area contributed by atoms with Gasteiger partial charge in [-0.05, 0) is 42.5 Å². The molecular weight excluding hydrogens is 513 g/mol. The molecule has 0 bridgehead atoms. The molecule has 0 saturated carbocycles. The Labute approximate surface area is 215 Å². The summed E-state index contributed by atoms with van der Waals surface area (Å²) in [7, 11) is 1.47. The Balaban J connectivity index is 1.47. The molecule has 0 spiro atoms. The minimum absolute atomic E-state index is 0.0287. The van der Waals surface area contributed by atoms with Gasteiger partial charge < -0.3 is 35.4 Å². The van der Waals surface area contributed by atoms with Gasteiger partial charge in [-0.2, -0.15) is 0 Å². The van der Waals surface area contributed by atoms with E-state index in [9.17, 15) is 23.6 Å². The highest BCUT2D eigenvalue weighted by Crippen LogP contribution is 2.28. The standard InChI is InChI=1S/C23H23ClFN5O7/c1-36-15-9-18(29(11-15)22(33)27-13-4-2-12(24)3-5-13)20(31)28-17-7-6-14(8-16(17)25)30-19(37-23(34)35)10-26-21(30)32/h2-8,15,18-19H,9-11H2,1H3,(H,26,32)(H,27,33)(H,28,31)(H,34,35). The number of rotatable bonds is 6. The van der Waals surface area contributed by atoms with Crippen molar-refractivity contribution < 1.29 is 38.1 Å². The fourth-order valence-corrected chi connectivity index (χ4v) is 4.24. The number of nitrogens with zero attached hydrogens (tertiary/aromatic N) is 2. The Hall–Kier alpha value is -4.10. The van der Waals surface area contributed by atoms with Crippen LogP contribution in [0.5, 0.6) is 0 Å². The zero-order chi connectivity index (χ0) is 26.7. The first kappa shape index (κ1) is 26.0. The van der Waals surface area contributed by atoms with Gasteiger partial charge in [-0.1, -0.05) is 11.6 Å². The van der Waals surface area contributed by atoms with Gasteiger partial charge in [-0.15, -0.1) is 0 Å². The summed E-state index contributed by atoms with van der Waals surface area (Å²) in [6.07, 6.45) is -2.98. The maximum atomic E-state index is 14.9. The van der Waals surface area contributed by atoms with E-state index in [-0.39, 0.29) is 30.9 Å². The Bertz CT molecular complexity index is 1210. The molecule has 0 radical (unpaired) electrons. The molecule has 196 valence electrons. The van der Waals surface area contributed by atoms with E-state index in [1.165, 1.54) is 24.1 Å². The highest BCUT2D eigenvalue weighted by Gasteiger charge is 2.40. The van der Waals surface area contributed by atoms with Crippen LogP contribution in [0.4, 0.5) is 35.8 Å². The summed E-state index contributed by atoms with van der Waals surface area (Å²) in [6.45, 7) is 0.0337. The van der Waals surface area contributed by atoms with E-state index in [2.05, 4.69) is 20.7 Å². The van der Waals surface area contributed by atoms with Crippen LogP contribution in [0.2, 0.25) is 5.02 Å². The van der Waals surface area contributed by atoms with Crippen LogP contribution < -0.4 is 20.9 Å². The quantitative estimate of drug-likeness (QED) is 0.414. The van der Waals surface area contributed by atoms with E-state index in [1.807, 2.05) is 0 Å². The summed E-state index contributed by atoms with van der Waals surface area (Å²) in [4.78, 5) is 51.2. The summed E-state index contributed by atoms with van der Waals surface area (Å²) in [5, 5.41) is 16.9. The van der Waals surface area contributed by atoms with Crippen molar-refractivity contribution in [3.63, 3.8) is 0 Å². The fourth-order valence-electron chi connectivity index (χ4n) is 4.12. The average molecular weight is 536 g/mol. The van der Waals surface area contributed by atoms with Crippen molar-refractivity contribution in [3.8, 4) is 0 Å². The molecule has 0 aromatic heterocycles. The molecule has 2 aliphatic rings. The fraction of sp³-hybridized carbons (Fsp3) is 0.304. The van der Waals surface area contributed by atoms with E-state index < -0.39 is 48.3 Å². The molecule has 2 saturated heterocycles. The zero-order valence-electron chi connectivity index (χ0n) is 19.4. The molecule has 3 unspecified atom stereocenters. The number of amides is 5. The number of carboxylic acid groups (broad SMARTS) is 1. The number of carbonyl (C=O) groups is 4. The van der Waals surface area contributed by atoms with Crippen LogP contribution in [-0.4, -0.2) is 72.7 Å². The Kier molecular flexibility index (Phi) is 7.64. The third kappa shape index (κ3) is 5.84. The number of benzene rings is 2. The van der Waals surface area contributed by atoms with Crippen molar-refractivity contribution in [2.75, 3.05) is 35.7 Å². The molecular formula is C23H23ClFN5O7.